The molecule has 1 aliphatic rings. The first kappa shape index (κ1) is 9.68. The van der Waals surface area contributed by atoms with Crippen LogP contribution in [0.25, 0.3) is 0 Å². The maximum absolute atomic E-state index is 9.93. The van der Waals surface area contributed by atoms with Gasteiger partial charge < -0.3 is 10.8 Å². The van der Waals surface area contributed by atoms with Gasteiger partial charge in [-0.25, -0.2) is 0 Å². The molecule has 1 aliphatic carbocycles. The average molecular weight is 195 g/mol. The summed E-state index contributed by atoms with van der Waals surface area (Å²) in [7, 11) is 1.86. The largest absolute Gasteiger partial charge is 0.387 e. The maximum Gasteiger partial charge on any atom is 0.0998 e. The zero-order valence-corrected chi connectivity index (χ0v) is 8.70. The number of hydrogen-bond donors (Lipinski definition) is 2. The predicted octanol–water partition coefficient (Wildman–Crippen LogP) is 0.643. The van der Waals surface area contributed by atoms with Crippen molar-refractivity contribution in [2.75, 3.05) is 0 Å². The lowest BCUT2D eigenvalue weighted by molar-refractivity contribution is 0.148. The molecule has 0 aromatic carbocycles. The van der Waals surface area contributed by atoms with Crippen molar-refractivity contribution in [3.8, 4) is 0 Å². The van der Waals surface area contributed by atoms with E-state index in [0.29, 0.717) is 6.42 Å². The standard InChI is InChI=1S/C10H17N3O/c1-7-6-13(2)12-9(7)8(14)5-10(11)3-4-10/h6,8,14H,3-5,11H2,1-2H3. The summed E-state index contributed by atoms with van der Waals surface area (Å²) in [6.07, 6.45) is 4.08. The molecule has 1 aromatic rings. The summed E-state index contributed by atoms with van der Waals surface area (Å²) in [6, 6.07) is 0. The molecule has 0 saturated heterocycles. The third-order valence-electron chi connectivity index (χ3n) is 2.86. The van der Waals surface area contributed by atoms with Crippen molar-refractivity contribution >= 4 is 0 Å². The Morgan fingerprint density at radius 2 is 2.36 bits per heavy atom. The van der Waals surface area contributed by atoms with E-state index in [4.69, 9.17) is 5.73 Å². The predicted molar refractivity (Wildman–Crippen MR) is 53.7 cm³/mol. The summed E-state index contributed by atoms with van der Waals surface area (Å²) < 4.78 is 1.73. The second-order valence-electron chi connectivity index (χ2n) is 4.45. The molecule has 0 bridgehead atoms. The average Bonchev–Trinajstić information content (AvgIpc) is 2.68. The van der Waals surface area contributed by atoms with Crippen LogP contribution in [-0.4, -0.2) is 20.4 Å². The normalized spacial score (nSPS) is 20.9. The van der Waals surface area contributed by atoms with Crippen molar-refractivity contribution in [2.45, 2.75) is 37.8 Å². The Kier molecular flexibility index (Phi) is 2.12. The van der Waals surface area contributed by atoms with Crippen LogP contribution in [0, 0.1) is 6.92 Å². The summed E-state index contributed by atoms with van der Waals surface area (Å²) in [5, 5.41) is 14.2. The fourth-order valence-electron chi connectivity index (χ4n) is 1.80. The van der Waals surface area contributed by atoms with E-state index in [2.05, 4.69) is 5.10 Å². The minimum atomic E-state index is -0.510. The molecule has 3 N–H and O–H groups in total. The Hall–Kier alpha value is -0.870. The summed E-state index contributed by atoms with van der Waals surface area (Å²) >= 11 is 0. The quantitative estimate of drug-likeness (QED) is 0.744. The van der Waals surface area contributed by atoms with Crippen LogP contribution >= 0.6 is 0 Å². The molecule has 0 spiro atoms. The van der Waals surface area contributed by atoms with Gasteiger partial charge in [0.05, 0.1) is 11.8 Å². The van der Waals surface area contributed by atoms with Crippen LogP contribution in [0.2, 0.25) is 0 Å². The van der Waals surface area contributed by atoms with Gasteiger partial charge in [0.1, 0.15) is 0 Å². The van der Waals surface area contributed by atoms with Gasteiger partial charge in [0.2, 0.25) is 0 Å². The Bertz CT molecular complexity index is 341. The van der Waals surface area contributed by atoms with Gasteiger partial charge in [0, 0.05) is 18.8 Å². The van der Waals surface area contributed by atoms with Crippen LogP contribution in [0.1, 0.15) is 36.6 Å². The topological polar surface area (TPSA) is 64.1 Å². The molecule has 1 atom stereocenters. The van der Waals surface area contributed by atoms with Crippen LogP contribution in [-0.2, 0) is 7.05 Å². The zero-order valence-electron chi connectivity index (χ0n) is 8.70. The van der Waals surface area contributed by atoms with E-state index in [9.17, 15) is 5.11 Å². The number of hydrogen-bond acceptors (Lipinski definition) is 3. The smallest absolute Gasteiger partial charge is 0.0998 e. The maximum atomic E-state index is 9.93. The fraction of sp³-hybridized carbons (Fsp3) is 0.700. The second kappa shape index (κ2) is 3.07. The minimum absolute atomic E-state index is 0.122. The van der Waals surface area contributed by atoms with E-state index in [0.717, 1.165) is 24.1 Å². The van der Waals surface area contributed by atoms with E-state index in [1.54, 1.807) is 4.68 Å². The fourth-order valence-corrected chi connectivity index (χ4v) is 1.80. The Balaban J connectivity index is 2.10. The zero-order chi connectivity index (χ0) is 10.3. The lowest BCUT2D eigenvalue weighted by Crippen LogP contribution is -2.24. The molecule has 2 rings (SSSR count). The highest BCUT2D eigenvalue weighted by atomic mass is 16.3. The van der Waals surface area contributed by atoms with Crippen molar-refractivity contribution in [3.05, 3.63) is 17.5 Å². The first-order valence-electron chi connectivity index (χ1n) is 4.97. The first-order chi connectivity index (χ1) is 6.50. The van der Waals surface area contributed by atoms with E-state index < -0.39 is 6.10 Å². The molecule has 1 saturated carbocycles. The van der Waals surface area contributed by atoms with Gasteiger partial charge in [-0.05, 0) is 31.7 Å². The first-order valence-corrected chi connectivity index (χ1v) is 4.97. The Labute approximate surface area is 83.7 Å². The van der Waals surface area contributed by atoms with Crippen LogP contribution in [0.3, 0.4) is 0 Å². The highest BCUT2D eigenvalue weighted by Gasteiger charge is 2.40. The molecular formula is C10H17N3O. The molecule has 0 amide bonds. The molecule has 4 nitrogen and oxygen atoms in total. The van der Waals surface area contributed by atoms with Gasteiger partial charge >= 0.3 is 0 Å². The number of nitrogens with zero attached hydrogens (tertiary/aromatic N) is 2. The second-order valence-corrected chi connectivity index (χ2v) is 4.45. The molecule has 78 valence electrons. The van der Waals surface area contributed by atoms with E-state index in [1.165, 1.54) is 0 Å². The van der Waals surface area contributed by atoms with Crippen molar-refractivity contribution in [1.82, 2.24) is 9.78 Å². The third kappa shape index (κ3) is 1.81. The van der Waals surface area contributed by atoms with E-state index in [1.807, 2.05) is 20.2 Å². The number of aryl methyl sites for hydroxylation is 2. The van der Waals surface area contributed by atoms with E-state index in [-0.39, 0.29) is 5.54 Å². The molecule has 1 aromatic heterocycles. The Morgan fingerprint density at radius 1 is 1.71 bits per heavy atom. The molecule has 1 unspecified atom stereocenters. The number of aliphatic hydroxyl groups is 1. The Morgan fingerprint density at radius 3 is 2.79 bits per heavy atom. The molecular weight excluding hydrogens is 178 g/mol. The molecule has 1 fully saturated rings. The highest BCUT2D eigenvalue weighted by molar-refractivity contribution is 5.18. The van der Waals surface area contributed by atoms with Gasteiger partial charge in [-0.15, -0.1) is 0 Å². The van der Waals surface area contributed by atoms with Crippen molar-refractivity contribution in [3.63, 3.8) is 0 Å². The van der Waals surface area contributed by atoms with Crippen molar-refractivity contribution in [1.29, 1.82) is 0 Å². The summed E-state index contributed by atoms with van der Waals surface area (Å²) in [5.74, 6) is 0. The van der Waals surface area contributed by atoms with Gasteiger partial charge in [-0.3, -0.25) is 4.68 Å². The van der Waals surface area contributed by atoms with E-state index >= 15 is 0 Å². The summed E-state index contributed by atoms with van der Waals surface area (Å²) in [5.41, 5.74) is 7.62. The number of aromatic nitrogens is 2. The van der Waals surface area contributed by atoms with Crippen molar-refractivity contribution < 1.29 is 5.11 Å². The number of rotatable bonds is 3. The SMILES string of the molecule is Cc1cn(C)nc1C(O)CC1(N)CC1. The highest BCUT2D eigenvalue weighted by Crippen LogP contribution is 2.40. The van der Waals surface area contributed by atoms with Gasteiger partial charge in [-0.2, -0.15) is 5.10 Å². The molecule has 0 aliphatic heterocycles. The lowest BCUT2D eigenvalue weighted by Gasteiger charge is -2.13. The monoisotopic (exact) mass is 195 g/mol. The molecule has 1 heterocycles. The molecule has 0 radical (unpaired) electrons. The van der Waals surface area contributed by atoms with Crippen LogP contribution in [0.15, 0.2) is 6.20 Å². The summed E-state index contributed by atoms with van der Waals surface area (Å²) in [4.78, 5) is 0. The molecule has 4 heteroatoms. The third-order valence-corrected chi connectivity index (χ3v) is 2.86. The van der Waals surface area contributed by atoms with Gasteiger partial charge in [-0.1, -0.05) is 0 Å². The van der Waals surface area contributed by atoms with Gasteiger partial charge in [0.15, 0.2) is 0 Å². The van der Waals surface area contributed by atoms with Crippen molar-refractivity contribution in [2.24, 2.45) is 12.8 Å². The summed E-state index contributed by atoms with van der Waals surface area (Å²) in [6.45, 7) is 1.96. The van der Waals surface area contributed by atoms with Gasteiger partial charge in [0.25, 0.3) is 0 Å². The van der Waals surface area contributed by atoms with Crippen LogP contribution < -0.4 is 5.73 Å². The minimum Gasteiger partial charge on any atom is -0.387 e. The number of nitrogens with two attached hydrogens (primary N) is 1. The molecule has 14 heavy (non-hydrogen) atoms. The van der Waals surface area contributed by atoms with Crippen LogP contribution in [0.5, 0.6) is 0 Å². The van der Waals surface area contributed by atoms with Crippen LogP contribution in [0.4, 0.5) is 0 Å². The lowest BCUT2D eigenvalue weighted by atomic mass is 10.0. The number of aliphatic hydroxyl groups excluding tert-OH is 1.